The topological polar surface area (TPSA) is 53.6 Å². The van der Waals surface area contributed by atoms with E-state index in [0.717, 1.165) is 12.3 Å². The van der Waals surface area contributed by atoms with Crippen LogP contribution in [0.3, 0.4) is 0 Å². The van der Waals surface area contributed by atoms with Gasteiger partial charge in [-0.1, -0.05) is 20.8 Å². The summed E-state index contributed by atoms with van der Waals surface area (Å²) in [5.74, 6) is 0.737. The molecule has 1 rings (SSSR count). The molecule has 0 bridgehead atoms. The van der Waals surface area contributed by atoms with Crippen LogP contribution in [-0.4, -0.2) is 54.9 Å². The molecule has 0 radical (unpaired) electrons. The number of nitrogens with one attached hydrogen (secondary N) is 2. The number of ether oxygens (including phenoxy) is 1. The summed E-state index contributed by atoms with van der Waals surface area (Å²) in [6, 6.07) is 0.868. The zero-order chi connectivity index (χ0) is 17.5. The fourth-order valence-corrected chi connectivity index (χ4v) is 2.97. The predicted molar refractivity (Wildman–Crippen MR) is 95.8 cm³/mol. The first-order valence-electron chi connectivity index (χ1n) is 9.15. The Labute approximate surface area is 142 Å². The fourth-order valence-electron chi connectivity index (χ4n) is 2.97. The van der Waals surface area contributed by atoms with Gasteiger partial charge in [0.2, 0.25) is 0 Å². The van der Waals surface area contributed by atoms with E-state index in [2.05, 4.69) is 36.3 Å². The van der Waals surface area contributed by atoms with E-state index >= 15 is 0 Å². The molecule has 1 saturated heterocycles. The first-order valence-corrected chi connectivity index (χ1v) is 9.15. The van der Waals surface area contributed by atoms with E-state index in [1.165, 1.54) is 32.5 Å². The molecular weight excluding hydrogens is 290 g/mol. The Kier molecular flexibility index (Phi) is 8.34. The van der Waals surface area contributed by atoms with Crippen molar-refractivity contribution in [1.82, 2.24) is 15.5 Å². The first kappa shape index (κ1) is 20.2. The van der Waals surface area contributed by atoms with Crippen LogP contribution in [0, 0.1) is 5.92 Å². The minimum absolute atomic E-state index is 0.309. The van der Waals surface area contributed by atoms with Gasteiger partial charge in [-0.05, 0) is 59.0 Å². The van der Waals surface area contributed by atoms with Crippen LogP contribution in [0.1, 0.15) is 60.8 Å². The molecule has 0 aliphatic carbocycles. The number of piperidine rings is 1. The van der Waals surface area contributed by atoms with E-state index < -0.39 is 5.60 Å². The second-order valence-electron chi connectivity index (χ2n) is 8.12. The molecule has 0 aromatic heterocycles. The average molecular weight is 328 g/mol. The van der Waals surface area contributed by atoms with Crippen molar-refractivity contribution in [3.05, 3.63) is 0 Å². The summed E-state index contributed by atoms with van der Waals surface area (Å²) in [5, 5.41) is 6.58. The van der Waals surface area contributed by atoms with Gasteiger partial charge >= 0.3 is 6.09 Å². The summed E-state index contributed by atoms with van der Waals surface area (Å²) < 4.78 is 5.29. The van der Waals surface area contributed by atoms with Crippen LogP contribution < -0.4 is 10.6 Å². The van der Waals surface area contributed by atoms with E-state index in [0.29, 0.717) is 18.6 Å². The summed E-state index contributed by atoms with van der Waals surface area (Å²) in [6.45, 7) is 16.5. The Morgan fingerprint density at radius 1 is 1.26 bits per heavy atom. The van der Waals surface area contributed by atoms with Gasteiger partial charge in [-0.2, -0.15) is 0 Å². The summed E-state index contributed by atoms with van der Waals surface area (Å²) >= 11 is 0. The van der Waals surface area contributed by atoms with Gasteiger partial charge in [0, 0.05) is 25.2 Å². The van der Waals surface area contributed by atoms with Crippen LogP contribution in [0.15, 0.2) is 0 Å². The van der Waals surface area contributed by atoms with Gasteiger partial charge in [0.25, 0.3) is 0 Å². The van der Waals surface area contributed by atoms with Crippen LogP contribution in [0.25, 0.3) is 0 Å². The van der Waals surface area contributed by atoms with Gasteiger partial charge < -0.3 is 20.3 Å². The van der Waals surface area contributed by atoms with Crippen LogP contribution in [0.5, 0.6) is 0 Å². The van der Waals surface area contributed by atoms with Gasteiger partial charge in [-0.25, -0.2) is 4.79 Å². The maximum absolute atomic E-state index is 11.7. The van der Waals surface area contributed by atoms with Crippen LogP contribution in [0.4, 0.5) is 4.79 Å². The zero-order valence-electron chi connectivity index (χ0n) is 15.9. The number of rotatable bonds is 7. The van der Waals surface area contributed by atoms with E-state index in [1.807, 2.05) is 20.8 Å². The highest BCUT2D eigenvalue weighted by Crippen LogP contribution is 2.13. The van der Waals surface area contributed by atoms with Crippen molar-refractivity contribution >= 4 is 6.09 Å². The molecule has 5 heteroatoms. The molecule has 1 atom stereocenters. The number of hydrogen-bond acceptors (Lipinski definition) is 4. The minimum atomic E-state index is -0.442. The molecule has 1 aliphatic heterocycles. The number of likely N-dealkylation sites (tertiary alicyclic amines) is 1. The van der Waals surface area contributed by atoms with Crippen molar-refractivity contribution in [2.45, 2.75) is 78.5 Å². The Balaban J connectivity index is 2.28. The lowest BCUT2D eigenvalue weighted by Crippen LogP contribution is -2.50. The highest BCUT2D eigenvalue weighted by atomic mass is 16.6. The van der Waals surface area contributed by atoms with Crippen molar-refractivity contribution in [2.24, 2.45) is 5.92 Å². The van der Waals surface area contributed by atoms with Gasteiger partial charge in [0.15, 0.2) is 0 Å². The molecule has 1 heterocycles. The number of nitrogens with zero attached hydrogens (tertiary/aromatic N) is 1. The standard InChI is InChI=1S/C18H37N3O2/c1-7-15(12-19-17(22)23-18(4,5)6)20-16-8-10-21(11-9-16)13-14(2)3/h14-16,20H,7-13H2,1-6H3,(H,19,22). The monoisotopic (exact) mass is 327 g/mol. The van der Waals surface area contributed by atoms with Crippen LogP contribution >= 0.6 is 0 Å². The molecular formula is C18H37N3O2. The van der Waals surface area contributed by atoms with Crippen molar-refractivity contribution in [3.8, 4) is 0 Å². The second-order valence-corrected chi connectivity index (χ2v) is 8.12. The maximum atomic E-state index is 11.7. The smallest absolute Gasteiger partial charge is 0.407 e. The summed E-state index contributed by atoms with van der Waals surface area (Å²) in [7, 11) is 0. The third kappa shape index (κ3) is 9.16. The minimum Gasteiger partial charge on any atom is -0.444 e. The summed E-state index contributed by atoms with van der Waals surface area (Å²) in [5.41, 5.74) is -0.442. The molecule has 1 unspecified atom stereocenters. The highest BCUT2D eigenvalue weighted by Gasteiger charge is 2.22. The SMILES string of the molecule is CCC(CNC(=O)OC(C)(C)C)NC1CCN(CC(C)C)CC1. The predicted octanol–water partition coefficient (Wildman–Crippen LogP) is 3.00. The molecule has 5 nitrogen and oxygen atoms in total. The Bertz CT molecular complexity index is 345. The van der Waals surface area contributed by atoms with Crippen molar-refractivity contribution in [1.29, 1.82) is 0 Å². The van der Waals surface area contributed by atoms with Crippen molar-refractivity contribution in [3.63, 3.8) is 0 Å². The van der Waals surface area contributed by atoms with Gasteiger partial charge in [0.1, 0.15) is 5.60 Å². The third-order valence-corrected chi connectivity index (χ3v) is 4.07. The van der Waals surface area contributed by atoms with Crippen LogP contribution in [-0.2, 0) is 4.74 Å². The lowest BCUT2D eigenvalue weighted by atomic mass is 10.0. The van der Waals surface area contributed by atoms with E-state index in [-0.39, 0.29) is 6.09 Å². The molecule has 0 spiro atoms. The lowest BCUT2D eigenvalue weighted by Gasteiger charge is -2.35. The number of amides is 1. The summed E-state index contributed by atoms with van der Waals surface area (Å²) in [4.78, 5) is 14.3. The Morgan fingerprint density at radius 2 is 1.87 bits per heavy atom. The quantitative estimate of drug-likeness (QED) is 0.755. The summed E-state index contributed by atoms with van der Waals surface area (Å²) in [6.07, 6.45) is 3.05. The largest absolute Gasteiger partial charge is 0.444 e. The first-order chi connectivity index (χ1) is 10.7. The van der Waals surface area contributed by atoms with Crippen LogP contribution in [0.2, 0.25) is 0 Å². The average Bonchev–Trinajstić information content (AvgIpc) is 2.42. The lowest BCUT2D eigenvalue weighted by molar-refractivity contribution is 0.0520. The number of alkyl carbamates (subject to hydrolysis) is 1. The normalized spacial score (nSPS) is 18.9. The molecule has 23 heavy (non-hydrogen) atoms. The number of carbonyl (C=O) groups is 1. The van der Waals surface area contributed by atoms with Gasteiger partial charge in [-0.3, -0.25) is 0 Å². The second kappa shape index (κ2) is 9.48. The van der Waals surface area contributed by atoms with Crippen molar-refractivity contribution < 1.29 is 9.53 Å². The highest BCUT2D eigenvalue weighted by molar-refractivity contribution is 5.67. The Hall–Kier alpha value is -0.810. The molecule has 1 fully saturated rings. The molecule has 0 saturated carbocycles. The maximum Gasteiger partial charge on any atom is 0.407 e. The van der Waals surface area contributed by atoms with E-state index in [1.54, 1.807) is 0 Å². The van der Waals surface area contributed by atoms with E-state index in [9.17, 15) is 4.79 Å². The number of carbonyl (C=O) groups excluding carboxylic acids is 1. The molecule has 2 N–H and O–H groups in total. The van der Waals surface area contributed by atoms with Crippen molar-refractivity contribution in [2.75, 3.05) is 26.2 Å². The molecule has 1 aliphatic rings. The fraction of sp³-hybridized carbons (Fsp3) is 0.944. The van der Waals surface area contributed by atoms with E-state index in [4.69, 9.17) is 4.74 Å². The van der Waals surface area contributed by atoms with Gasteiger partial charge in [-0.15, -0.1) is 0 Å². The number of hydrogen-bond donors (Lipinski definition) is 2. The molecule has 136 valence electrons. The third-order valence-electron chi connectivity index (χ3n) is 4.07. The van der Waals surface area contributed by atoms with Gasteiger partial charge in [0.05, 0.1) is 0 Å². The zero-order valence-corrected chi connectivity index (χ0v) is 15.9. The molecule has 1 amide bonds. The molecule has 0 aromatic rings. The Morgan fingerprint density at radius 3 is 2.35 bits per heavy atom. The molecule has 0 aromatic carbocycles.